The molecule has 0 amide bonds. The quantitative estimate of drug-likeness (QED) is 0.792. The number of aromatic nitrogens is 1. The summed E-state index contributed by atoms with van der Waals surface area (Å²) in [4.78, 5) is 4.03. The fourth-order valence-electron chi connectivity index (χ4n) is 1.77. The third kappa shape index (κ3) is 3.40. The van der Waals surface area contributed by atoms with Crippen LogP contribution in [-0.4, -0.2) is 11.5 Å². The van der Waals surface area contributed by atoms with Gasteiger partial charge in [0.15, 0.2) is 0 Å². The van der Waals surface area contributed by atoms with Crippen molar-refractivity contribution in [1.29, 1.82) is 0 Å². The summed E-state index contributed by atoms with van der Waals surface area (Å²) in [7, 11) is 0. The van der Waals surface area contributed by atoms with Gasteiger partial charge >= 0.3 is 0 Å². The summed E-state index contributed by atoms with van der Waals surface area (Å²) >= 11 is 0. The minimum Gasteiger partial charge on any atom is -0.313 e. The number of nitrogens with one attached hydrogen (secondary N) is 1. The number of hydrogen-bond acceptors (Lipinski definition) is 2. The summed E-state index contributed by atoms with van der Waals surface area (Å²) in [6, 6.07) is 12.8. The van der Waals surface area contributed by atoms with E-state index in [0.717, 1.165) is 13.1 Å². The van der Waals surface area contributed by atoms with Crippen molar-refractivity contribution in [3.8, 4) is 11.1 Å². The molecule has 0 saturated heterocycles. The maximum Gasteiger partial charge on any atom is 0.0273 e. The zero-order valence-electron chi connectivity index (χ0n) is 10.2. The van der Waals surface area contributed by atoms with Crippen LogP contribution in [0, 0.1) is 0 Å². The first-order valence-corrected chi connectivity index (χ1v) is 6.10. The van der Waals surface area contributed by atoms with Crippen molar-refractivity contribution in [2.75, 3.05) is 6.54 Å². The molecule has 1 aromatic heterocycles. The van der Waals surface area contributed by atoms with Crippen molar-refractivity contribution in [1.82, 2.24) is 10.3 Å². The molecular formula is C15H18N2. The van der Waals surface area contributed by atoms with Gasteiger partial charge in [-0.2, -0.15) is 0 Å². The van der Waals surface area contributed by atoms with Crippen molar-refractivity contribution < 1.29 is 0 Å². The third-order valence-corrected chi connectivity index (χ3v) is 2.72. The minimum atomic E-state index is 0.949. The predicted octanol–water partition coefficient (Wildman–Crippen LogP) is 3.25. The maximum absolute atomic E-state index is 4.03. The topological polar surface area (TPSA) is 24.9 Å². The zero-order valence-corrected chi connectivity index (χ0v) is 10.2. The van der Waals surface area contributed by atoms with Gasteiger partial charge in [-0.05, 0) is 41.8 Å². The van der Waals surface area contributed by atoms with Crippen LogP contribution in [0.2, 0.25) is 0 Å². The van der Waals surface area contributed by atoms with Gasteiger partial charge in [0, 0.05) is 18.9 Å². The SMILES string of the molecule is CCCNCc1ccc(-c2ccncc2)cc1. The van der Waals surface area contributed by atoms with E-state index in [2.05, 4.69) is 41.5 Å². The smallest absolute Gasteiger partial charge is 0.0273 e. The molecule has 0 fully saturated rings. The average molecular weight is 226 g/mol. The summed E-state index contributed by atoms with van der Waals surface area (Å²) in [5.74, 6) is 0. The van der Waals surface area contributed by atoms with Gasteiger partial charge in [0.1, 0.15) is 0 Å². The van der Waals surface area contributed by atoms with Crippen LogP contribution in [0.4, 0.5) is 0 Å². The molecule has 88 valence electrons. The van der Waals surface area contributed by atoms with Crippen molar-refractivity contribution in [2.24, 2.45) is 0 Å². The molecule has 2 aromatic rings. The Balaban J connectivity index is 2.03. The van der Waals surface area contributed by atoms with Gasteiger partial charge in [0.25, 0.3) is 0 Å². The number of benzene rings is 1. The summed E-state index contributed by atoms with van der Waals surface area (Å²) < 4.78 is 0. The highest BCUT2D eigenvalue weighted by molar-refractivity contribution is 5.62. The Labute approximate surface area is 103 Å². The van der Waals surface area contributed by atoms with Crippen LogP contribution < -0.4 is 5.32 Å². The normalized spacial score (nSPS) is 10.4. The molecule has 0 saturated carbocycles. The molecule has 0 aliphatic carbocycles. The van der Waals surface area contributed by atoms with E-state index in [1.165, 1.54) is 23.1 Å². The standard InChI is InChI=1S/C15H18N2/c1-2-9-17-12-13-3-5-14(6-4-13)15-7-10-16-11-8-15/h3-8,10-11,17H,2,9,12H2,1H3. The highest BCUT2D eigenvalue weighted by Gasteiger charge is 1.97. The highest BCUT2D eigenvalue weighted by atomic mass is 14.8. The second-order valence-electron chi connectivity index (χ2n) is 4.11. The summed E-state index contributed by atoms with van der Waals surface area (Å²) in [5.41, 5.74) is 3.79. The second-order valence-corrected chi connectivity index (χ2v) is 4.11. The van der Waals surface area contributed by atoms with Gasteiger partial charge in [0.2, 0.25) is 0 Å². The number of hydrogen-bond donors (Lipinski definition) is 1. The largest absolute Gasteiger partial charge is 0.313 e. The van der Waals surface area contributed by atoms with Gasteiger partial charge in [-0.1, -0.05) is 31.2 Å². The Morgan fingerprint density at radius 1 is 0.941 bits per heavy atom. The molecule has 0 bridgehead atoms. The van der Waals surface area contributed by atoms with E-state index in [0.29, 0.717) is 0 Å². The van der Waals surface area contributed by atoms with Crippen LogP contribution in [0.5, 0.6) is 0 Å². The Kier molecular flexibility index (Phi) is 4.28. The van der Waals surface area contributed by atoms with Crippen LogP contribution in [0.25, 0.3) is 11.1 Å². The molecule has 1 N–H and O–H groups in total. The van der Waals surface area contributed by atoms with Crippen LogP contribution in [0.15, 0.2) is 48.8 Å². The molecular weight excluding hydrogens is 208 g/mol. The molecule has 0 spiro atoms. The van der Waals surface area contributed by atoms with Gasteiger partial charge in [-0.25, -0.2) is 0 Å². The van der Waals surface area contributed by atoms with Crippen molar-refractivity contribution in [2.45, 2.75) is 19.9 Å². The fourth-order valence-corrected chi connectivity index (χ4v) is 1.77. The Bertz CT molecular complexity index is 434. The molecule has 0 aliphatic heterocycles. The monoisotopic (exact) mass is 226 g/mol. The van der Waals surface area contributed by atoms with Gasteiger partial charge in [-0.3, -0.25) is 4.98 Å². The van der Waals surface area contributed by atoms with Gasteiger partial charge in [0.05, 0.1) is 0 Å². The molecule has 0 atom stereocenters. The zero-order chi connectivity index (χ0) is 11.9. The number of rotatable bonds is 5. The maximum atomic E-state index is 4.03. The average Bonchev–Trinajstić information content (AvgIpc) is 2.41. The number of nitrogens with zero attached hydrogens (tertiary/aromatic N) is 1. The lowest BCUT2D eigenvalue weighted by atomic mass is 10.1. The molecule has 2 nitrogen and oxygen atoms in total. The minimum absolute atomic E-state index is 0.949. The molecule has 0 aliphatic rings. The van der Waals surface area contributed by atoms with E-state index >= 15 is 0 Å². The first-order valence-electron chi connectivity index (χ1n) is 6.10. The molecule has 1 aromatic carbocycles. The molecule has 0 unspecified atom stereocenters. The van der Waals surface area contributed by atoms with E-state index in [9.17, 15) is 0 Å². The van der Waals surface area contributed by atoms with E-state index in [-0.39, 0.29) is 0 Å². The third-order valence-electron chi connectivity index (χ3n) is 2.72. The van der Waals surface area contributed by atoms with Crippen molar-refractivity contribution in [3.05, 3.63) is 54.4 Å². The summed E-state index contributed by atoms with van der Waals surface area (Å²) in [6.07, 6.45) is 4.83. The Morgan fingerprint density at radius 3 is 2.24 bits per heavy atom. The summed E-state index contributed by atoms with van der Waals surface area (Å²) in [5, 5.41) is 3.40. The van der Waals surface area contributed by atoms with E-state index in [4.69, 9.17) is 0 Å². The Hall–Kier alpha value is -1.67. The molecule has 2 rings (SSSR count). The fraction of sp³-hybridized carbons (Fsp3) is 0.267. The van der Waals surface area contributed by atoms with E-state index in [1.54, 1.807) is 0 Å². The van der Waals surface area contributed by atoms with Crippen LogP contribution in [0.1, 0.15) is 18.9 Å². The Morgan fingerprint density at radius 2 is 1.59 bits per heavy atom. The molecule has 2 heteroatoms. The van der Waals surface area contributed by atoms with E-state index in [1.807, 2.05) is 24.5 Å². The second kappa shape index (κ2) is 6.16. The lowest BCUT2D eigenvalue weighted by Crippen LogP contribution is -2.13. The predicted molar refractivity (Wildman–Crippen MR) is 71.7 cm³/mol. The van der Waals surface area contributed by atoms with Crippen LogP contribution in [0.3, 0.4) is 0 Å². The van der Waals surface area contributed by atoms with Crippen LogP contribution >= 0.6 is 0 Å². The lowest BCUT2D eigenvalue weighted by Gasteiger charge is -2.05. The molecule has 1 heterocycles. The summed E-state index contributed by atoms with van der Waals surface area (Å²) in [6.45, 7) is 4.20. The van der Waals surface area contributed by atoms with Gasteiger partial charge < -0.3 is 5.32 Å². The molecule has 0 radical (unpaired) electrons. The van der Waals surface area contributed by atoms with Crippen LogP contribution in [-0.2, 0) is 6.54 Å². The first-order chi connectivity index (χ1) is 8.40. The van der Waals surface area contributed by atoms with Crippen molar-refractivity contribution in [3.63, 3.8) is 0 Å². The van der Waals surface area contributed by atoms with Crippen molar-refractivity contribution >= 4 is 0 Å². The highest BCUT2D eigenvalue weighted by Crippen LogP contribution is 2.18. The molecule has 17 heavy (non-hydrogen) atoms. The number of pyridine rings is 1. The van der Waals surface area contributed by atoms with E-state index < -0.39 is 0 Å². The first kappa shape index (κ1) is 11.8. The lowest BCUT2D eigenvalue weighted by molar-refractivity contribution is 0.675. The van der Waals surface area contributed by atoms with Gasteiger partial charge in [-0.15, -0.1) is 0 Å².